The lowest BCUT2D eigenvalue weighted by atomic mass is 10.1. The average Bonchev–Trinajstić information content (AvgIpc) is 3.05. The van der Waals surface area contributed by atoms with Gasteiger partial charge in [0.25, 0.3) is 5.91 Å². The van der Waals surface area contributed by atoms with E-state index in [0.717, 1.165) is 11.3 Å². The van der Waals surface area contributed by atoms with Gasteiger partial charge in [-0.2, -0.15) is 0 Å². The van der Waals surface area contributed by atoms with Crippen molar-refractivity contribution in [2.75, 3.05) is 27.4 Å². The van der Waals surface area contributed by atoms with E-state index >= 15 is 0 Å². The Bertz CT molecular complexity index is 563. The first-order chi connectivity index (χ1) is 10.7. The third-order valence-electron chi connectivity index (χ3n) is 3.29. The van der Waals surface area contributed by atoms with Crippen molar-refractivity contribution in [3.05, 3.63) is 59.5 Å². The fourth-order valence-electron chi connectivity index (χ4n) is 2.14. The van der Waals surface area contributed by atoms with E-state index in [2.05, 4.69) is 0 Å². The molecule has 2 aromatic rings. The summed E-state index contributed by atoms with van der Waals surface area (Å²) in [6.07, 6.45) is 1.61. The molecule has 2 rings (SSSR count). The molecule has 1 heterocycles. The van der Waals surface area contributed by atoms with Gasteiger partial charge < -0.3 is 18.8 Å². The molecule has 0 atom stereocenters. The number of benzene rings is 1. The van der Waals surface area contributed by atoms with Gasteiger partial charge >= 0.3 is 0 Å². The molecule has 0 aliphatic heterocycles. The van der Waals surface area contributed by atoms with Crippen LogP contribution in [-0.4, -0.2) is 38.2 Å². The summed E-state index contributed by atoms with van der Waals surface area (Å²) >= 11 is 0. The molecule has 1 amide bonds. The monoisotopic (exact) mass is 303 g/mol. The molecule has 1 aromatic carbocycles. The quantitative estimate of drug-likeness (QED) is 0.752. The normalized spacial score (nSPS) is 10.6. The van der Waals surface area contributed by atoms with Crippen molar-refractivity contribution < 1.29 is 18.7 Å². The predicted molar refractivity (Wildman–Crippen MR) is 82.5 cm³/mol. The molecule has 0 saturated carbocycles. The minimum absolute atomic E-state index is 0.0441. The van der Waals surface area contributed by atoms with Crippen LogP contribution in [0.15, 0.2) is 47.1 Å². The Kier molecular flexibility index (Phi) is 6.18. The highest BCUT2D eigenvalue weighted by atomic mass is 16.5. The SMILES string of the molecule is COCCN(Cc1ccco1)C(=O)c1ccc(COC)cc1. The minimum Gasteiger partial charge on any atom is -0.467 e. The third kappa shape index (κ3) is 4.44. The molecule has 0 N–H and O–H groups in total. The summed E-state index contributed by atoms with van der Waals surface area (Å²) in [6.45, 7) is 1.95. The van der Waals surface area contributed by atoms with Crippen LogP contribution in [-0.2, 0) is 22.6 Å². The molecule has 1 aromatic heterocycles. The van der Waals surface area contributed by atoms with E-state index < -0.39 is 0 Å². The maximum atomic E-state index is 12.6. The number of ether oxygens (including phenoxy) is 2. The van der Waals surface area contributed by atoms with E-state index in [4.69, 9.17) is 13.9 Å². The van der Waals surface area contributed by atoms with Crippen LogP contribution in [0.3, 0.4) is 0 Å². The highest BCUT2D eigenvalue weighted by Crippen LogP contribution is 2.12. The van der Waals surface area contributed by atoms with Gasteiger partial charge in [0, 0.05) is 26.3 Å². The molecule has 118 valence electrons. The number of carbonyl (C=O) groups is 1. The van der Waals surface area contributed by atoms with Crippen LogP contribution >= 0.6 is 0 Å². The van der Waals surface area contributed by atoms with E-state index in [1.165, 1.54) is 0 Å². The molecular weight excluding hydrogens is 282 g/mol. The Labute approximate surface area is 130 Å². The molecule has 22 heavy (non-hydrogen) atoms. The summed E-state index contributed by atoms with van der Waals surface area (Å²) in [6, 6.07) is 11.1. The van der Waals surface area contributed by atoms with Gasteiger partial charge in [-0.3, -0.25) is 4.79 Å². The first-order valence-corrected chi connectivity index (χ1v) is 7.13. The second kappa shape index (κ2) is 8.36. The van der Waals surface area contributed by atoms with Crippen LogP contribution in [0.4, 0.5) is 0 Å². The average molecular weight is 303 g/mol. The molecule has 0 bridgehead atoms. The third-order valence-corrected chi connectivity index (χ3v) is 3.29. The lowest BCUT2D eigenvalue weighted by molar-refractivity contribution is 0.0666. The van der Waals surface area contributed by atoms with Crippen LogP contribution < -0.4 is 0 Å². The van der Waals surface area contributed by atoms with Gasteiger partial charge in [0.2, 0.25) is 0 Å². The summed E-state index contributed by atoms with van der Waals surface area (Å²) in [5, 5.41) is 0. The summed E-state index contributed by atoms with van der Waals surface area (Å²) in [7, 11) is 3.27. The van der Waals surface area contributed by atoms with Gasteiger partial charge in [-0.1, -0.05) is 12.1 Å². The summed E-state index contributed by atoms with van der Waals surface area (Å²) < 4.78 is 15.5. The van der Waals surface area contributed by atoms with Gasteiger partial charge in [0.05, 0.1) is 26.0 Å². The van der Waals surface area contributed by atoms with Crippen molar-refractivity contribution in [1.82, 2.24) is 4.90 Å². The lowest BCUT2D eigenvalue weighted by Gasteiger charge is -2.21. The van der Waals surface area contributed by atoms with E-state index in [-0.39, 0.29) is 5.91 Å². The maximum Gasteiger partial charge on any atom is 0.254 e. The topological polar surface area (TPSA) is 51.9 Å². The largest absolute Gasteiger partial charge is 0.467 e. The zero-order valence-electron chi connectivity index (χ0n) is 13.0. The van der Waals surface area contributed by atoms with Crippen LogP contribution in [0.1, 0.15) is 21.7 Å². The van der Waals surface area contributed by atoms with E-state index in [1.807, 2.05) is 36.4 Å². The van der Waals surface area contributed by atoms with Crippen LogP contribution in [0.5, 0.6) is 0 Å². The van der Waals surface area contributed by atoms with Crippen molar-refractivity contribution in [1.29, 1.82) is 0 Å². The molecule has 0 aliphatic carbocycles. The minimum atomic E-state index is -0.0441. The Morgan fingerprint density at radius 3 is 2.50 bits per heavy atom. The number of carbonyl (C=O) groups excluding carboxylic acids is 1. The number of amides is 1. The molecule has 0 radical (unpaired) electrons. The van der Waals surface area contributed by atoms with Crippen molar-refractivity contribution >= 4 is 5.91 Å². The molecule has 0 fully saturated rings. The van der Waals surface area contributed by atoms with E-state index in [9.17, 15) is 4.79 Å². The Hall–Kier alpha value is -2.11. The fourth-order valence-corrected chi connectivity index (χ4v) is 2.14. The first kappa shape index (κ1) is 16.3. The second-order valence-corrected chi connectivity index (χ2v) is 4.93. The Morgan fingerprint density at radius 2 is 1.91 bits per heavy atom. The highest BCUT2D eigenvalue weighted by Gasteiger charge is 2.17. The van der Waals surface area contributed by atoms with Gasteiger partial charge in [-0.15, -0.1) is 0 Å². The maximum absolute atomic E-state index is 12.6. The van der Waals surface area contributed by atoms with Crippen LogP contribution in [0, 0.1) is 0 Å². The van der Waals surface area contributed by atoms with Crippen molar-refractivity contribution in [2.24, 2.45) is 0 Å². The van der Waals surface area contributed by atoms with E-state index in [1.54, 1.807) is 25.4 Å². The summed E-state index contributed by atoms with van der Waals surface area (Å²) in [4.78, 5) is 14.4. The van der Waals surface area contributed by atoms with Gasteiger partial charge in [0.15, 0.2) is 0 Å². The smallest absolute Gasteiger partial charge is 0.254 e. The Balaban J connectivity index is 2.09. The first-order valence-electron chi connectivity index (χ1n) is 7.13. The van der Waals surface area contributed by atoms with Crippen molar-refractivity contribution in [2.45, 2.75) is 13.2 Å². The number of methoxy groups -OCH3 is 2. The van der Waals surface area contributed by atoms with Crippen molar-refractivity contribution in [3.8, 4) is 0 Å². The number of hydrogen-bond acceptors (Lipinski definition) is 4. The highest BCUT2D eigenvalue weighted by molar-refractivity contribution is 5.94. The molecule has 5 nitrogen and oxygen atoms in total. The zero-order chi connectivity index (χ0) is 15.8. The summed E-state index contributed by atoms with van der Waals surface area (Å²) in [5.74, 6) is 0.706. The van der Waals surface area contributed by atoms with Gasteiger partial charge in [0.1, 0.15) is 5.76 Å². The molecular formula is C17H21NO4. The fraction of sp³-hybridized carbons (Fsp3) is 0.353. The molecule has 0 saturated heterocycles. The number of nitrogens with zero attached hydrogens (tertiary/aromatic N) is 1. The lowest BCUT2D eigenvalue weighted by Crippen LogP contribution is -2.33. The molecule has 0 unspecified atom stereocenters. The predicted octanol–water partition coefficient (Wildman–Crippen LogP) is 2.71. The van der Waals surface area contributed by atoms with Gasteiger partial charge in [-0.05, 0) is 29.8 Å². The van der Waals surface area contributed by atoms with Crippen LogP contribution in [0.2, 0.25) is 0 Å². The zero-order valence-corrected chi connectivity index (χ0v) is 13.0. The Morgan fingerprint density at radius 1 is 1.14 bits per heavy atom. The van der Waals surface area contributed by atoms with Gasteiger partial charge in [-0.25, -0.2) is 0 Å². The number of furan rings is 1. The number of rotatable bonds is 8. The molecule has 0 spiro atoms. The van der Waals surface area contributed by atoms with Crippen LogP contribution in [0.25, 0.3) is 0 Å². The number of hydrogen-bond donors (Lipinski definition) is 0. The molecule has 5 heteroatoms. The summed E-state index contributed by atoms with van der Waals surface area (Å²) in [5.41, 5.74) is 1.68. The second-order valence-electron chi connectivity index (χ2n) is 4.93. The van der Waals surface area contributed by atoms with E-state index in [0.29, 0.717) is 31.9 Å². The molecule has 0 aliphatic rings. The van der Waals surface area contributed by atoms with Crippen molar-refractivity contribution in [3.63, 3.8) is 0 Å². The standard InChI is InChI=1S/C17H21NO4/c1-20-11-9-18(12-16-4-3-10-22-16)17(19)15-7-5-14(6-8-15)13-21-2/h3-8,10H,9,11-13H2,1-2H3.